The van der Waals surface area contributed by atoms with Gasteiger partial charge in [0.1, 0.15) is 0 Å². The van der Waals surface area contributed by atoms with Gasteiger partial charge in [0, 0.05) is 18.0 Å². The molecule has 7 heteroatoms. The van der Waals surface area contributed by atoms with Gasteiger partial charge in [0.2, 0.25) is 5.91 Å². The Morgan fingerprint density at radius 2 is 2.12 bits per heavy atom. The quantitative estimate of drug-likeness (QED) is 0.701. The predicted octanol–water partition coefficient (Wildman–Crippen LogP) is 0.269. The van der Waals surface area contributed by atoms with Crippen molar-refractivity contribution in [2.24, 2.45) is 5.73 Å². The third-order valence-electron chi connectivity index (χ3n) is 2.15. The second kappa shape index (κ2) is 4.05. The van der Waals surface area contributed by atoms with Crippen LogP contribution in [0.4, 0.5) is 0 Å². The van der Waals surface area contributed by atoms with E-state index in [0.29, 0.717) is 5.69 Å². The number of primary amides is 1. The van der Waals surface area contributed by atoms with Crippen LogP contribution >= 0.6 is 0 Å². The number of carboxylic acid groups (broad SMARTS) is 1. The van der Waals surface area contributed by atoms with Crippen LogP contribution < -0.4 is 5.73 Å². The first-order chi connectivity index (χ1) is 8.09. The van der Waals surface area contributed by atoms with E-state index in [0.717, 1.165) is 6.20 Å². The van der Waals surface area contributed by atoms with E-state index in [4.69, 9.17) is 10.8 Å². The maximum Gasteiger partial charge on any atom is 0.355 e. The van der Waals surface area contributed by atoms with Gasteiger partial charge in [-0.1, -0.05) is 0 Å². The van der Waals surface area contributed by atoms with Gasteiger partial charge in [0.05, 0.1) is 17.6 Å². The third-order valence-corrected chi connectivity index (χ3v) is 2.15. The minimum absolute atomic E-state index is 0.132. The highest BCUT2D eigenvalue weighted by atomic mass is 16.4. The largest absolute Gasteiger partial charge is 0.476 e. The van der Waals surface area contributed by atoms with Crippen molar-refractivity contribution in [1.29, 1.82) is 0 Å². The molecule has 0 spiro atoms. The number of imidazole rings is 1. The number of pyridine rings is 1. The molecule has 1 amide bonds. The molecule has 0 aliphatic heterocycles. The van der Waals surface area contributed by atoms with Crippen molar-refractivity contribution in [2.75, 3.05) is 0 Å². The van der Waals surface area contributed by atoms with E-state index in [-0.39, 0.29) is 16.8 Å². The molecule has 0 bridgehead atoms. The fourth-order valence-corrected chi connectivity index (χ4v) is 1.37. The van der Waals surface area contributed by atoms with Gasteiger partial charge in [0.15, 0.2) is 5.69 Å². The van der Waals surface area contributed by atoms with Crippen LogP contribution in [0.2, 0.25) is 0 Å². The van der Waals surface area contributed by atoms with Crippen molar-refractivity contribution in [1.82, 2.24) is 15.0 Å². The average Bonchev–Trinajstić information content (AvgIpc) is 2.81. The summed E-state index contributed by atoms with van der Waals surface area (Å²) in [4.78, 5) is 32.3. The molecular weight excluding hydrogens is 224 g/mol. The molecular formula is C10H8N4O3. The minimum atomic E-state index is -1.20. The number of aromatic amines is 1. The minimum Gasteiger partial charge on any atom is -0.476 e. The van der Waals surface area contributed by atoms with Gasteiger partial charge in [-0.3, -0.25) is 4.79 Å². The van der Waals surface area contributed by atoms with E-state index in [1.807, 2.05) is 0 Å². The second-order valence-corrected chi connectivity index (χ2v) is 3.24. The normalized spacial score (nSPS) is 10.1. The summed E-state index contributed by atoms with van der Waals surface area (Å²) < 4.78 is 0. The zero-order chi connectivity index (χ0) is 12.4. The molecule has 7 nitrogen and oxygen atoms in total. The maximum atomic E-state index is 11.0. The molecule has 0 saturated heterocycles. The molecule has 0 unspecified atom stereocenters. The number of nitrogens with zero attached hydrogens (tertiary/aromatic N) is 2. The molecule has 17 heavy (non-hydrogen) atoms. The van der Waals surface area contributed by atoms with Crippen molar-refractivity contribution in [3.63, 3.8) is 0 Å². The van der Waals surface area contributed by atoms with Gasteiger partial charge < -0.3 is 15.8 Å². The van der Waals surface area contributed by atoms with Crippen LogP contribution in [0.25, 0.3) is 11.3 Å². The Kier molecular flexibility index (Phi) is 2.57. The number of amides is 1. The number of carbonyl (C=O) groups excluding carboxylic acids is 1. The van der Waals surface area contributed by atoms with Crippen molar-refractivity contribution in [3.8, 4) is 11.3 Å². The molecule has 2 aromatic rings. The van der Waals surface area contributed by atoms with E-state index in [1.165, 1.54) is 18.6 Å². The molecule has 2 aromatic heterocycles. The summed E-state index contributed by atoms with van der Waals surface area (Å²) in [6.07, 6.45) is 4.04. The fraction of sp³-hybridized carbons (Fsp3) is 0. The van der Waals surface area contributed by atoms with E-state index in [9.17, 15) is 9.59 Å². The lowest BCUT2D eigenvalue weighted by atomic mass is 10.1. The van der Waals surface area contributed by atoms with E-state index < -0.39 is 11.9 Å². The molecule has 0 atom stereocenters. The number of hydrogen-bond acceptors (Lipinski definition) is 4. The summed E-state index contributed by atoms with van der Waals surface area (Å²) in [5, 5.41) is 8.98. The topological polar surface area (TPSA) is 122 Å². The molecule has 0 fully saturated rings. The van der Waals surface area contributed by atoms with Gasteiger partial charge in [-0.2, -0.15) is 0 Å². The van der Waals surface area contributed by atoms with Crippen LogP contribution in [0.5, 0.6) is 0 Å². The molecule has 0 aliphatic rings. The van der Waals surface area contributed by atoms with Crippen LogP contribution in [-0.4, -0.2) is 31.9 Å². The van der Waals surface area contributed by atoms with Gasteiger partial charge >= 0.3 is 5.97 Å². The number of aromatic carboxylic acids is 1. The molecule has 2 heterocycles. The number of aromatic nitrogens is 3. The zero-order valence-electron chi connectivity index (χ0n) is 8.54. The lowest BCUT2D eigenvalue weighted by Gasteiger charge is -2.03. The zero-order valence-corrected chi connectivity index (χ0v) is 8.54. The number of H-pyrrole nitrogens is 1. The highest BCUT2D eigenvalue weighted by Gasteiger charge is 2.16. The van der Waals surface area contributed by atoms with Crippen LogP contribution in [0.3, 0.4) is 0 Å². The molecule has 0 aromatic carbocycles. The van der Waals surface area contributed by atoms with Gasteiger partial charge in [-0.05, 0) is 6.07 Å². The summed E-state index contributed by atoms with van der Waals surface area (Å²) in [5.74, 6) is -1.87. The number of nitrogens with one attached hydrogen (secondary N) is 1. The Labute approximate surface area is 95.3 Å². The first-order valence-corrected chi connectivity index (χ1v) is 4.62. The summed E-state index contributed by atoms with van der Waals surface area (Å²) in [7, 11) is 0. The van der Waals surface area contributed by atoms with E-state index in [1.54, 1.807) is 0 Å². The smallest absolute Gasteiger partial charge is 0.355 e. The Hall–Kier alpha value is -2.70. The second-order valence-electron chi connectivity index (χ2n) is 3.24. The van der Waals surface area contributed by atoms with Gasteiger partial charge in [0.25, 0.3) is 0 Å². The fourth-order valence-electron chi connectivity index (χ4n) is 1.37. The maximum absolute atomic E-state index is 11.0. The molecule has 0 radical (unpaired) electrons. The Morgan fingerprint density at radius 1 is 1.35 bits per heavy atom. The number of rotatable bonds is 3. The lowest BCUT2D eigenvalue weighted by molar-refractivity contribution is 0.0690. The first-order valence-electron chi connectivity index (χ1n) is 4.62. The summed E-state index contributed by atoms with van der Waals surface area (Å²) in [6.45, 7) is 0. The number of carbonyl (C=O) groups is 2. The summed E-state index contributed by atoms with van der Waals surface area (Å²) in [5.41, 5.74) is 5.69. The predicted molar refractivity (Wildman–Crippen MR) is 57.3 cm³/mol. The molecule has 4 N–H and O–H groups in total. The van der Waals surface area contributed by atoms with Crippen molar-refractivity contribution in [2.45, 2.75) is 0 Å². The van der Waals surface area contributed by atoms with E-state index >= 15 is 0 Å². The highest BCUT2D eigenvalue weighted by Crippen LogP contribution is 2.21. The molecule has 0 aliphatic carbocycles. The van der Waals surface area contributed by atoms with Crippen LogP contribution in [0, 0.1) is 0 Å². The number of hydrogen-bond donors (Lipinski definition) is 3. The average molecular weight is 232 g/mol. The number of carboxylic acids is 1. The summed E-state index contributed by atoms with van der Waals surface area (Å²) in [6, 6.07) is 1.36. The SMILES string of the molecule is NC(=O)c1cnc(C(=O)O)c(-c2c[nH]cn2)c1. The standard InChI is InChI=1S/C10H8N4O3/c11-9(15)5-1-6(7-3-12-4-14-7)8(10(16)17)13-2-5/h1-4H,(H2,11,15)(H,12,14)(H,16,17). The van der Waals surface area contributed by atoms with Gasteiger partial charge in [-0.25, -0.2) is 14.8 Å². The van der Waals surface area contributed by atoms with Crippen molar-refractivity contribution in [3.05, 3.63) is 36.0 Å². The van der Waals surface area contributed by atoms with Crippen LogP contribution in [-0.2, 0) is 0 Å². The highest BCUT2D eigenvalue weighted by molar-refractivity contribution is 5.98. The number of nitrogens with two attached hydrogens (primary N) is 1. The first kappa shape index (κ1) is 10.8. The van der Waals surface area contributed by atoms with Crippen molar-refractivity contribution < 1.29 is 14.7 Å². The molecule has 0 saturated carbocycles. The Balaban J connectivity index is 2.64. The van der Waals surface area contributed by atoms with Crippen LogP contribution in [0.15, 0.2) is 24.8 Å². The monoisotopic (exact) mass is 232 g/mol. The van der Waals surface area contributed by atoms with E-state index in [2.05, 4.69) is 15.0 Å². The van der Waals surface area contributed by atoms with Crippen molar-refractivity contribution >= 4 is 11.9 Å². The lowest BCUT2D eigenvalue weighted by Crippen LogP contribution is -2.13. The molecule has 2 rings (SSSR count). The molecule has 86 valence electrons. The van der Waals surface area contributed by atoms with Crippen LogP contribution in [0.1, 0.15) is 20.8 Å². The van der Waals surface area contributed by atoms with Gasteiger partial charge in [-0.15, -0.1) is 0 Å². The Morgan fingerprint density at radius 3 is 2.65 bits per heavy atom. The Bertz CT molecular complexity index is 577. The third kappa shape index (κ3) is 1.98. The summed E-state index contributed by atoms with van der Waals surface area (Å²) >= 11 is 0.